The molecule has 1 saturated carbocycles. The van der Waals surface area contributed by atoms with Gasteiger partial charge in [0.15, 0.2) is 0 Å². The Kier molecular flexibility index (Phi) is 3.10. The highest BCUT2D eigenvalue weighted by Crippen LogP contribution is 2.45. The summed E-state index contributed by atoms with van der Waals surface area (Å²) in [5.74, 6) is 0. The Morgan fingerprint density at radius 2 is 2.07 bits per heavy atom. The average Bonchev–Trinajstić information content (AvgIpc) is 3.00. The van der Waals surface area contributed by atoms with Gasteiger partial charge in [0.05, 0.1) is 17.3 Å². The van der Waals surface area contributed by atoms with Crippen molar-refractivity contribution in [3.05, 3.63) is 28.2 Å². The number of aliphatic hydroxyl groups excluding tert-OH is 1. The number of hydrogen-bond acceptors (Lipinski definition) is 2. The van der Waals surface area contributed by atoms with Gasteiger partial charge in [-0.2, -0.15) is 0 Å². The Morgan fingerprint density at radius 1 is 1.33 bits per heavy atom. The topological polar surface area (TPSA) is 32.3 Å². The smallest absolute Gasteiger partial charge is 0.0638 e. The minimum atomic E-state index is 0.0750. The fourth-order valence-corrected chi connectivity index (χ4v) is 1.84. The van der Waals surface area contributed by atoms with E-state index >= 15 is 0 Å². The van der Waals surface area contributed by atoms with Gasteiger partial charge < -0.3 is 10.4 Å². The van der Waals surface area contributed by atoms with E-state index in [0.717, 1.165) is 25.1 Å². The van der Waals surface area contributed by atoms with Gasteiger partial charge in [0.1, 0.15) is 0 Å². The quantitative estimate of drug-likeness (QED) is 0.855. The van der Waals surface area contributed by atoms with Crippen LogP contribution in [0, 0.1) is 5.41 Å². The molecule has 1 aromatic rings. The molecule has 0 spiro atoms. The first kappa shape index (κ1) is 11.1. The highest BCUT2D eigenvalue weighted by Gasteiger charge is 2.41. The van der Waals surface area contributed by atoms with Crippen molar-refractivity contribution in [3.8, 4) is 0 Å². The van der Waals surface area contributed by atoms with Crippen LogP contribution in [0.2, 0.25) is 10.0 Å². The van der Waals surface area contributed by atoms with Crippen molar-refractivity contribution < 1.29 is 5.11 Å². The minimum absolute atomic E-state index is 0.0750. The maximum atomic E-state index is 9.16. The largest absolute Gasteiger partial charge is 0.396 e. The SMILES string of the molecule is OCC1(CNc2cc(Cl)ccc2Cl)CC1. The predicted octanol–water partition coefficient (Wildman–Crippen LogP) is 3.18. The van der Waals surface area contributed by atoms with Gasteiger partial charge in [0.2, 0.25) is 0 Å². The maximum Gasteiger partial charge on any atom is 0.0638 e. The predicted molar refractivity (Wildman–Crippen MR) is 63.7 cm³/mol. The van der Waals surface area contributed by atoms with Gasteiger partial charge in [0, 0.05) is 17.0 Å². The first-order valence-electron chi connectivity index (χ1n) is 4.95. The second-order valence-corrected chi connectivity index (χ2v) is 4.98. The van der Waals surface area contributed by atoms with Crippen LogP contribution < -0.4 is 5.32 Å². The summed E-state index contributed by atoms with van der Waals surface area (Å²) in [6, 6.07) is 5.33. The molecule has 0 atom stereocenters. The molecule has 2 nitrogen and oxygen atoms in total. The van der Waals surface area contributed by atoms with Gasteiger partial charge in [0.25, 0.3) is 0 Å². The summed E-state index contributed by atoms with van der Waals surface area (Å²) < 4.78 is 0. The zero-order valence-corrected chi connectivity index (χ0v) is 9.78. The number of anilines is 1. The van der Waals surface area contributed by atoms with Crippen molar-refractivity contribution >= 4 is 28.9 Å². The lowest BCUT2D eigenvalue weighted by molar-refractivity contribution is 0.220. The minimum Gasteiger partial charge on any atom is -0.396 e. The Balaban J connectivity index is 2.01. The van der Waals surface area contributed by atoms with Gasteiger partial charge >= 0.3 is 0 Å². The molecule has 0 amide bonds. The summed E-state index contributed by atoms with van der Waals surface area (Å²) in [7, 11) is 0. The van der Waals surface area contributed by atoms with Gasteiger partial charge in [-0.3, -0.25) is 0 Å². The Morgan fingerprint density at radius 3 is 2.67 bits per heavy atom. The van der Waals surface area contributed by atoms with Crippen LogP contribution in [0.1, 0.15) is 12.8 Å². The van der Waals surface area contributed by atoms with E-state index < -0.39 is 0 Å². The molecule has 15 heavy (non-hydrogen) atoms. The van der Waals surface area contributed by atoms with Crippen LogP contribution >= 0.6 is 23.2 Å². The van der Waals surface area contributed by atoms with Crippen molar-refractivity contribution in [1.29, 1.82) is 0 Å². The second kappa shape index (κ2) is 4.20. The zero-order chi connectivity index (χ0) is 10.9. The van der Waals surface area contributed by atoms with E-state index in [1.54, 1.807) is 18.2 Å². The molecule has 4 heteroatoms. The second-order valence-electron chi connectivity index (χ2n) is 4.14. The lowest BCUT2D eigenvalue weighted by Crippen LogP contribution is -2.19. The van der Waals surface area contributed by atoms with Crippen molar-refractivity contribution in [1.82, 2.24) is 0 Å². The van der Waals surface area contributed by atoms with Crippen LogP contribution in [0.25, 0.3) is 0 Å². The molecule has 2 N–H and O–H groups in total. The van der Waals surface area contributed by atoms with Crippen LogP contribution in [-0.4, -0.2) is 18.3 Å². The molecular weight excluding hydrogens is 233 g/mol. The molecule has 82 valence electrons. The standard InChI is InChI=1S/C11H13Cl2NO/c12-8-1-2-9(13)10(5-8)14-6-11(7-15)3-4-11/h1-2,5,14-15H,3-4,6-7H2. The average molecular weight is 246 g/mol. The third-order valence-electron chi connectivity index (χ3n) is 2.87. The number of rotatable bonds is 4. The number of hydrogen-bond donors (Lipinski definition) is 2. The molecule has 1 aliphatic rings. The van der Waals surface area contributed by atoms with Crippen LogP contribution in [0.15, 0.2) is 18.2 Å². The molecular formula is C11H13Cl2NO. The number of aliphatic hydroxyl groups is 1. The van der Waals surface area contributed by atoms with Gasteiger partial charge in [-0.15, -0.1) is 0 Å². The van der Waals surface area contributed by atoms with Gasteiger partial charge in [-0.25, -0.2) is 0 Å². The molecule has 0 heterocycles. The third-order valence-corrected chi connectivity index (χ3v) is 3.44. The van der Waals surface area contributed by atoms with E-state index in [1.165, 1.54) is 0 Å². The monoisotopic (exact) mass is 245 g/mol. The molecule has 0 unspecified atom stereocenters. The summed E-state index contributed by atoms with van der Waals surface area (Å²) in [5, 5.41) is 13.7. The Hall–Kier alpha value is -0.440. The summed E-state index contributed by atoms with van der Waals surface area (Å²) in [4.78, 5) is 0. The van der Waals surface area contributed by atoms with Crippen LogP contribution in [0.5, 0.6) is 0 Å². The Bertz CT molecular complexity index is 364. The summed E-state index contributed by atoms with van der Waals surface area (Å²) in [5.41, 5.74) is 0.912. The first-order chi connectivity index (χ1) is 7.15. The van der Waals surface area contributed by atoms with E-state index in [1.807, 2.05) is 0 Å². The summed E-state index contributed by atoms with van der Waals surface area (Å²) in [6.45, 7) is 0.988. The molecule has 0 radical (unpaired) electrons. The van der Waals surface area contributed by atoms with Crippen molar-refractivity contribution in [2.45, 2.75) is 12.8 Å². The van der Waals surface area contributed by atoms with Crippen LogP contribution in [-0.2, 0) is 0 Å². The fourth-order valence-electron chi connectivity index (χ4n) is 1.48. The molecule has 1 aromatic carbocycles. The molecule has 0 aliphatic heterocycles. The third kappa shape index (κ3) is 2.57. The van der Waals surface area contributed by atoms with Gasteiger partial charge in [-0.1, -0.05) is 23.2 Å². The molecule has 2 rings (SSSR count). The van der Waals surface area contributed by atoms with Gasteiger partial charge in [-0.05, 0) is 31.0 Å². The molecule has 1 aliphatic carbocycles. The highest BCUT2D eigenvalue weighted by atomic mass is 35.5. The van der Waals surface area contributed by atoms with E-state index in [9.17, 15) is 0 Å². The van der Waals surface area contributed by atoms with Crippen LogP contribution in [0.3, 0.4) is 0 Å². The molecule has 0 bridgehead atoms. The van der Waals surface area contributed by atoms with E-state index in [-0.39, 0.29) is 12.0 Å². The summed E-state index contributed by atoms with van der Waals surface area (Å²) in [6.07, 6.45) is 2.16. The van der Waals surface area contributed by atoms with Crippen molar-refractivity contribution in [3.63, 3.8) is 0 Å². The molecule has 0 aromatic heterocycles. The van der Waals surface area contributed by atoms with Crippen LogP contribution in [0.4, 0.5) is 5.69 Å². The normalized spacial score (nSPS) is 17.5. The van der Waals surface area contributed by atoms with Crippen molar-refractivity contribution in [2.24, 2.45) is 5.41 Å². The lowest BCUT2D eigenvalue weighted by atomic mass is 10.1. The first-order valence-corrected chi connectivity index (χ1v) is 5.71. The zero-order valence-electron chi connectivity index (χ0n) is 8.26. The highest BCUT2D eigenvalue weighted by molar-refractivity contribution is 6.35. The van der Waals surface area contributed by atoms with E-state index in [2.05, 4.69) is 5.32 Å². The molecule has 1 fully saturated rings. The maximum absolute atomic E-state index is 9.16. The molecule has 0 saturated heterocycles. The van der Waals surface area contributed by atoms with E-state index in [0.29, 0.717) is 10.0 Å². The summed E-state index contributed by atoms with van der Waals surface area (Å²) >= 11 is 11.9. The van der Waals surface area contributed by atoms with Crippen molar-refractivity contribution in [2.75, 3.05) is 18.5 Å². The number of benzene rings is 1. The fraction of sp³-hybridized carbons (Fsp3) is 0.455. The van der Waals surface area contributed by atoms with E-state index in [4.69, 9.17) is 28.3 Å². The number of halogens is 2. The number of nitrogens with one attached hydrogen (secondary N) is 1. The lowest BCUT2D eigenvalue weighted by Gasteiger charge is -2.14. The Labute approximate surface area is 99.2 Å².